The van der Waals surface area contributed by atoms with Crippen LogP contribution in [0.15, 0.2) is 53.5 Å². The Morgan fingerprint density at radius 2 is 1.88 bits per heavy atom. The minimum Gasteiger partial charge on any atom is -0.463 e. The molecule has 1 aromatic carbocycles. The maximum atomic E-state index is 12.9. The molecule has 1 aliphatic heterocycles. The first-order valence-corrected chi connectivity index (χ1v) is 11.3. The fourth-order valence-corrected chi connectivity index (χ4v) is 4.19. The Kier molecular flexibility index (Phi) is 6.81. The summed E-state index contributed by atoms with van der Waals surface area (Å²) in [7, 11) is 0. The number of fused-ring (bicyclic) bond motifs is 1. The number of hydrogen-bond acceptors (Lipinski definition) is 6. The average Bonchev–Trinajstić information content (AvgIpc) is 3.09. The summed E-state index contributed by atoms with van der Waals surface area (Å²) in [6.45, 7) is 7.62. The molecule has 4 rings (SSSR count). The van der Waals surface area contributed by atoms with Crippen LogP contribution in [0.2, 0.25) is 5.02 Å². The van der Waals surface area contributed by atoms with Crippen LogP contribution < -0.4 is 10.6 Å². The van der Waals surface area contributed by atoms with Gasteiger partial charge in [-0.1, -0.05) is 23.7 Å². The number of halogens is 1. The molecule has 32 heavy (non-hydrogen) atoms. The highest BCUT2D eigenvalue weighted by molar-refractivity contribution is 6.30. The van der Waals surface area contributed by atoms with E-state index in [0.29, 0.717) is 12.2 Å². The predicted molar refractivity (Wildman–Crippen MR) is 124 cm³/mol. The number of hydrogen-bond donors (Lipinski definition) is 0. The van der Waals surface area contributed by atoms with Crippen molar-refractivity contribution in [2.45, 2.75) is 26.5 Å². The molecule has 9 heteroatoms. The molecule has 1 unspecified atom stereocenters. The third-order valence-electron chi connectivity index (χ3n) is 5.59. The van der Waals surface area contributed by atoms with Gasteiger partial charge in [0.25, 0.3) is 0 Å². The highest BCUT2D eigenvalue weighted by Gasteiger charge is 2.28. The monoisotopic (exact) mass is 457 g/mol. The quantitative estimate of drug-likeness (QED) is 0.508. The Balaban J connectivity index is 1.46. The lowest BCUT2D eigenvalue weighted by Crippen LogP contribution is -2.49. The van der Waals surface area contributed by atoms with Crippen LogP contribution in [0, 0.1) is 5.92 Å². The number of anilines is 1. The van der Waals surface area contributed by atoms with Gasteiger partial charge in [-0.3, -0.25) is 14.1 Å². The summed E-state index contributed by atoms with van der Waals surface area (Å²) in [6, 6.07) is 13.2. The van der Waals surface area contributed by atoms with Crippen LogP contribution in [-0.2, 0) is 16.1 Å². The van der Waals surface area contributed by atoms with E-state index >= 15 is 0 Å². The fraction of sp³-hybridized carbons (Fsp3) is 0.435. The normalized spacial score (nSPS) is 15.9. The number of aromatic nitrogens is 3. The molecule has 1 fully saturated rings. The Hall–Kier alpha value is -2.84. The van der Waals surface area contributed by atoms with Crippen LogP contribution in [0.3, 0.4) is 0 Å². The summed E-state index contributed by atoms with van der Waals surface area (Å²) < 4.78 is 8.35. The molecule has 1 atom stereocenters. The fourth-order valence-electron chi connectivity index (χ4n) is 4.00. The smallest absolute Gasteiger partial charge is 0.350 e. The molecule has 0 amide bonds. The predicted octanol–water partition coefficient (Wildman–Crippen LogP) is 2.54. The van der Waals surface area contributed by atoms with Gasteiger partial charge < -0.3 is 9.64 Å². The molecule has 3 aromatic rings. The Labute approximate surface area is 191 Å². The van der Waals surface area contributed by atoms with E-state index in [-0.39, 0.29) is 24.3 Å². The molecule has 170 valence electrons. The van der Waals surface area contributed by atoms with Gasteiger partial charge in [0, 0.05) is 49.6 Å². The maximum absolute atomic E-state index is 12.9. The lowest BCUT2D eigenvalue weighted by atomic mass is 10.1. The summed E-state index contributed by atoms with van der Waals surface area (Å²) in [5.74, 6) is -0.793. The molecule has 1 aliphatic rings. The van der Waals surface area contributed by atoms with Crippen molar-refractivity contribution in [1.82, 2.24) is 19.1 Å². The molecule has 0 radical (unpaired) electrons. The van der Waals surface area contributed by atoms with Crippen LogP contribution in [0.4, 0.5) is 5.69 Å². The van der Waals surface area contributed by atoms with Gasteiger partial charge in [-0.2, -0.15) is 0 Å². The van der Waals surface area contributed by atoms with Crippen molar-refractivity contribution in [2.24, 2.45) is 5.92 Å². The van der Waals surface area contributed by atoms with Crippen molar-refractivity contribution in [3.8, 4) is 0 Å². The average molecular weight is 458 g/mol. The minimum absolute atomic E-state index is 0.181. The summed E-state index contributed by atoms with van der Waals surface area (Å²) in [4.78, 5) is 30.1. The summed E-state index contributed by atoms with van der Waals surface area (Å²) in [6.07, 6.45) is 1.46. The number of carbonyl (C=O) groups is 1. The topological polar surface area (TPSA) is 72.1 Å². The number of nitrogens with zero attached hydrogens (tertiary/aromatic N) is 5. The van der Waals surface area contributed by atoms with Gasteiger partial charge in [-0.05, 0) is 44.2 Å². The van der Waals surface area contributed by atoms with Gasteiger partial charge in [-0.25, -0.2) is 9.48 Å². The van der Waals surface area contributed by atoms with Gasteiger partial charge in [-0.15, -0.1) is 5.10 Å². The van der Waals surface area contributed by atoms with Gasteiger partial charge in [0.15, 0.2) is 5.65 Å². The van der Waals surface area contributed by atoms with Crippen molar-refractivity contribution in [2.75, 3.05) is 37.6 Å². The lowest BCUT2D eigenvalue weighted by Gasteiger charge is -2.37. The SMILES string of the molecule is CC(C)OC(=O)C(CN1CCN(c2cccc(Cl)c2)CC1)Cn1nc2ccccn2c1=O. The zero-order valence-electron chi connectivity index (χ0n) is 18.4. The third kappa shape index (κ3) is 5.14. The molecule has 0 bridgehead atoms. The highest BCUT2D eigenvalue weighted by atomic mass is 35.5. The molecule has 8 nitrogen and oxygen atoms in total. The van der Waals surface area contributed by atoms with E-state index in [4.69, 9.17) is 16.3 Å². The summed E-state index contributed by atoms with van der Waals surface area (Å²) in [5.41, 5.74) is 1.40. The molecule has 0 N–H and O–H groups in total. The first-order valence-electron chi connectivity index (χ1n) is 10.9. The van der Waals surface area contributed by atoms with E-state index in [9.17, 15) is 9.59 Å². The zero-order chi connectivity index (χ0) is 22.7. The summed E-state index contributed by atoms with van der Waals surface area (Å²) >= 11 is 6.13. The second-order valence-corrected chi connectivity index (χ2v) is 8.78. The highest BCUT2D eigenvalue weighted by Crippen LogP contribution is 2.21. The molecule has 0 aliphatic carbocycles. The number of benzene rings is 1. The van der Waals surface area contributed by atoms with E-state index < -0.39 is 5.92 Å². The molecule has 1 saturated heterocycles. The van der Waals surface area contributed by atoms with Crippen molar-refractivity contribution < 1.29 is 9.53 Å². The summed E-state index contributed by atoms with van der Waals surface area (Å²) in [5, 5.41) is 5.11. The van der Waals surface area contributed by atoms with Crippen LogP contribution in [0.5, 0.6) is 0 Å². The molecule has 3 heterocycles. The van der Waals surface area contributed by atoms with Crippen molar-refractivity contribution >= 4 is 28.9 Å². The van der Waals surface area contributed by atoms with E-state index in [1.165, 1.54) is 9.08 Å². The molecule has 0 saturated carbocycles. The number of ether oxygens (including phenoxy) is 1. The van der Waals surface area contributed by atoms with E-state index in [1.54, 1.807) is 18.3 Å². The molecular formula is C23H28ClN5O3. The zero-order valence-corrected chi connectivity index (χ0v) is 19.1. The van der Waals surface area contributed by atoms with Crippen molar-refractivity contribution in [3.05, 3.63) is 64.2 Å². The third-order valence-corrected chi connectivity index (χ3v) is 5.83. The Morgan fingerprint density at radius 3 is 2.56 bits per heavy atom. The maximum Gasteiger partial charge on any atom is 0.350 e. The van der Waals surface area contributed by atoms with Crippen LogP contribution in [0.1, 0.15) is 13.8 Å². The van der Waals surface area contributed by atoms with Gasteiger partial charge in [0.05, 0.1) is 18.6 Å². The Bertz CT molecular complexity index is 1130. The van der Waals surface area contributed by atoms with Crippen molar-refractivity contribution in [1.29, 1.82) is 0 Å². The molecule has 0 spiro atoms. The number of esters is 1. The number of pyridine rings is 1. The first-order chi connectivity index (χ1) is 15.4. The van der Waals surface area contributed by atoms with Crippen LogP contribution in [-0.4, -0.2) is 63.9 Å². The Morgan fingerprint density at radius 1 is 1.09 bits per heavy atom. The second-order valence-electron chi connectivity index (χ2n) is 8.34. The number of rotatable bonds is 7. The second kappa shape index (κ2) is 9.75. The van der Waals surface area contributed by atoms with Gasteiger partial charge in [0.2, 0.25) is 0 Å². The van der Waals surface area contributed by atoms with E-state index in [2.05, 4.69) is 21.0 Å². The lowest BCUT2D eigenvalue weighted by molar-refractivity contribution is -0.153. The standard InChI is InChI=1S/C23H28ClN5O3/c1-17(2)32-22(30)18(16-29-23(31)28-9-4-3-8-21(28)25-29)15-26-10-12-27(13-11-26)20-7-5-6-19(24)14-20/h3-9,14,17-18H,10-13,15-16H2,1-2H3. The number of piperazine rings is 1. The molecule has 2 aromatic heterocycles. The van der Waals surface area contributed by atoms with Crippen LogP contribution >= 0.6 is 11.6 Å². The van der Waals surface area contributed by atoms with Gasteiger partial charge >= 0.3 is 11.7 Å². The largest absolute Gasteiger partial charge is 0.463 e. The van der Waals surface area contributed by atoms with E-state index in [0.717, 1.165) is 36.9 Å². The van der Waals surface area contributed by atoms with Crippen molar-refractivity contribution in [3.63, 3.8) is 0 Å². The number of carbonyl (C=O) groups excluding carboxylic acids is 1. The molecular weight excluding hydrogens is 430 g/mol. The van der Waals surface area contributed by atoms with Crippen LogP contribution in [0.25, 0.3) is 5.65 Å². The minimum atomic E-state index is -0.488. The van der Waals surface area contributed by atoms with Gasteiger partial charge in [0.1, 0.15) is 0 Å². The van der Waals surface area contributed by atoms with E-state index in [1.807, 2.05) is 38.1 Å². The first kappa shape index (κ1) is 22.4.